The molecule has 88 valence electrons. The predicted molar refractivity (Wildman–Crippen MR) is 65.0 cm³/mol. The highest BCUT2D eigenvalue weighted by Crippen LogP contribution is 1.96. The van der Waals surface area contributed by atoms with Gasteiger partial charge in [0.15, 0.2) is 5.96 Å². The van der Waals surface area contributed by atoms with Gasteiger partial charge in [-0.05, 0) is 26.3 Å². The molecule has 0 bridgehead atoms. The second-order valence-corrected chi connectivity index (χ2v) is 3.75. The molecule has 1 aromatic heterocycles. The number of nitrogens with one attached hydrogen (secondary N) is 1. The number of rotatable bonds is 4. The lowest BCUT2D eigenvalue weighted by Gasteiger charge is -2.11. The summed E-state index contributed by atoms with van der Waals surface area (Å²) in [6.45, 7) is 6.50. The van der Waals surface area contributed by atoms with Crippen LogP contribution in [0.15, 0.2) is 17.3 Å². The van der Waals surface area contributed by atoms with Gasteiger partial charge in [-0.2, -0.15) is 0 Å². The Morgan fingerprint density at radius 2 is 2.38 bits per heavy atom. The number of aryl methyl sites for hydroxylation is 1. The molecule has 0 aliphatic carbocycles. The Balaban J connectivity index is 2.52. The lowest BCUT2D eigenvalue weighted by Crippen LogP contribution is -2.38. The van der Waals surface area contributed by atoms with Crippen LogP contribution in [-0.2, 0) is 6.54 Å². The number of hydrogen-bond donors (Lipinski definition) is 2. The molecular formula is C11H19N5. The van der Waals surface area contributed by atoms with Crippen molar-refractivity contribution in [2.24, 2.45) is 10.7 Å². The molecule has 0 aromatic carbocycles. The first-order chi connectivity index (χ1) is 7.61. The average molecular weight is 221 g/mol. The molecule has 0 fully saturated rings. The van der Waals surface area contributed by atoms with Crippen LogP contribution in [0.2, 0.25) is 0 Å². The smallest absolute Gasteiger partial charge is 0.189 e. The third-order valence-corrected chi connectivity index (χ3v) is 2.25. The molecule has 1 atom stereocenters. The number of aromatic nitrogens is 2. The fraction of sp³-hybridized carbons (Fsp3) is 0.545. The van der Waals surface area contributed by atoms with Crippen molar-refractivity contribution in [3.63, 3.8) is 0 Å². The molecule has 0 aliphatic heterocycles. The van der Waals surface area contributed by atoms with E-state index in [0.29, 0.717) is 18.5 Å². The molecule has 1 aromatic rings. The highest BCUT2D eigenvalue weighted by atomic mass is 15.1. The number of hydrogen-bond acceptors (Lipinski definition) is 3. The highest BCUT2D eigenvalue weighted by Gasteiger charge is 1.99. The minimum absolute atomic E-state index is 0.343. The summed E-state index contributed by atoms with van der Waals surface area (Å²) >= 11 is 0. The van der Waals surface area contributed by atoms with E-state index in [1.165, 1.54) is 0 Å². The van der Waals surface area contributed by atoms with E-state index in [4.69, 9.17) is 5.73 Å². The van der Waals surface area contributed by atoms with Crippen LogP contribution in [0.3, 0.4) is 0 Å². The lowest BCUT2D eigenvalue weighted by atomic mass is 10.3. The van der Waals surface area contributed by atoms with Crippen LogP contribution in [0, 0.1) is 6.92 Å². The Labute approximate surface area is 96.2 Å². The van der Waals surface area contributed by atoms with Gasteiger partial charge in [0.1, 0.15) is 5.82 Å². The Kier molecular flexibility index (Phi) is 4.69. The zero-order valence-electron chi connectivity index (χ0n) is 10.1. The van der Waals surface area contributed by atoms with E-state index in [1.54, 1.807) is 6.20 Å². The molecule has 0 aliphatic rings. The molecule has 1 unspecified atom stereocenters. The van der Waals surface area contributed by atoms with Gasteiger partial charge >= 0.3 is 0 Å². The Hall–Kier alpha value is -1.65. The normalized spacial score (nSPS) is 13.6. The second kappa shape index (κ2) is 6.05. The number of nitrogens with two attached hydrogens (primary N) is 1. The van der Waals surface area contributed by atoms with Crippen LogP contribution in [0.4, 0.5) is 0 Å². The van der Waals surface area contributed by atoms with Crippen LogP contribution in [0.25, 0.3) is 0 Å². The topological polar surface area (TPSA) is 76.2 Å². The molecule has 0 saturated heterocycles. The Morgan fingerprint density at radius 1 is 1.62 bits per heavy atom. The van der Waals surface area contributed by atoms with Crippen LogP contribution in [0.1, 0.15) is 31.8 Å². The fourth-order valence-electron chi connectivity index (χ4n) is 1.16. The van der Waals surface area contributed by atoms with Gasteiger partial charge in [0.05, 0.1) is 12.2 Å². The van der Waals surface area contributed by atoms with Crippen LogP contribution >= 0.6 is 0 Å². The monoisotopic (exact) mass is 221 g/mol. The quantitative estimate of drug-likeness (QED) is 0.587. The van der Waals surface area contributed by atoms with Gasteiger partial charge in [0.2, 0.25) is 0 Å². The lowest BCUT2D eigenvalue weighted by molar-refractivity contribution is 0.636. The van der Waals surface area contributed by atoms with E-state index in [9.17, 15) is 0 Å². The zero-order chi connectivity index (χ0) is 12.0. The Morgan fingerprint density at radius 3 is 3.00 bits per heavy atom. The number of aliphatic imine (C=N–C) groups is 1. The summed E-state index contributed by atoms with van der Waals surface area (Å²) in [6.07, 6.45) is 2.74. The standard InChI is InChI=1S/C11H19N5/c1-4-8(2)15-11(12)14-7-10-5-6-13-9(3)16-10/h5-6,8H,4,7H2,1-3H3,(H3,12,14,15). The maximum Gasteiger partial charge on any atom is 0.189 e. The molecule has 0 radical (unpaired) electrons. The summed E-state index contributed by atoms with van der Waals surface area (Å²) < 4.78 is 0. The molecular weight excluding hydrogens is 202 g/mol. The summed E-state index contributed by atoms with van der Waals surface area (Å²) in [5, 5.41) is 3.10. The molecule has 0 spiro atoms. The van der Waals surface area contributed by atoms with Crippen LogP contribution in [0.5, 0.6) is 0 Å². The van der Waals surface area contributed by atoms with Gasteiger partial charge in [0, 0.05) is 12.2 Å². The van der Waals surface area contributed by atoms with E-state index in [0.717, 1.165) is 17.9 Å². The predicted octanol–water partition coefficient (Wildman–Crippen LogP) is 0.988. The summed E-state index contributed by atoms with van der Waals surface area (Å²) in [6, 6.07) is 2.18. The summed E-state index contributed by atoms with van der Waals surface area (Å²) in [4.78, 5) is 12.5. The molecule has 1 rings (SSSR count). The van der Waals surface area contributed by atoms with Gasteiger partial charge in [0.25, 0.3) is 0 Å². The van der Waals surface area contributed by atoms with E-state index in [-0.39, 0.29) is 0 Å². The van der Waals surface area contributed by atoms with E-state index >= 15 is 0 Å². The average Bonchev–Trinajstić information content (AvgIpc) is 2.26. The molecule has 5 nitrogen and oxygen atoms in total. The second-order valence-electron chi connectivity index (χ2n) is 3.75. The van der Waals surface area contributed by atoms with E-state index < -0.39 is 0 Å². The zero-order valence-corrected chi connectivity index (χ0v) is 10.1. The Bertz CT molecular complexity index is 361. The first-order valence-corrected chi connectivity index (χ1v) is 5.46. The molecule has 1 heterocycles. The summed E-state index contributed by atoms with van der Waals surface area (Å²) in [5.41, 5.74) is 6.61. The first kappa shape index (κ1) is 12.4. The molecule has 0 amide bonds. The van der Waals surface area contributed by atoms with Crippen molar-refractivity contribution in [1.82, 2.24) is 15.3 Å². The SMILES string of the molecule is CCC(C)NC(N)=NCc1ccnc(C)n1. The van der Waals surface area contributed by atoms with Crippen molar-refractivity contribution in [1.29, 1.82) is 0 Å². The molecule has 3 N–H and O–H groups in total. The van der Waals surface area contributed by atoms with Gasteiger partial charge in [-0.25, -0.2) is 15.0 Å². The number of nitrogens with zero attached hydrogens (tertiary/aromatic N) is 3. The van der Waals surface area contributed by atoms with E-state index in [2.05, 4.69) is 34.1 Å². The largest absolute Gasteiger partial charge is 0.370 e. The van der Waals surface area contributed by atoms with Crippen molar-refractivity contribution >= 4 is 5.96 Å². The van der Waals surface area contributed by atoms with Gasteiger partial charge in [-0.3, -0.25) is 0 Å². The number of guanidine groups is 1. The minimum atomic E-state index is 0.343. The molecule has 0 saturated carbocycles. The van der Waals surface area contributed by atoms with Crippen LogP contribution in [-0.4, -0.2) is 22.0 Å². The summed E-state index contributed by atoms with van der Waals surface area (Å²) in [7, 11) is 0. The third-order valence-electron chi connectivity index (χ3n) is 2.25. The van der Waals surface area contributed by atoms with Crippen molar-refractivity contribution in [2.75, 3.05) is 0 Å². The van der Waals surface area contributed by atoms with E-state index in [1.807, 2.05) is 13.0 Å². The van der Waals surface area contributed by atoms with Crippen LogP contribution < -0.4 is 11.1 Å². The molecule has 5 heteroatoms. The maximum absolute atomic E-state index is 5.73. The van der Waals surface area contributed by atoms with Gasteiger partial charge in [-0.1, -0.05) is 6.92 Å². The minimum Gasteiger partial charge on any atom is -0.370 e. The first-order valence-electron chi connectivity index (χ1n) is 5.46. The van der Waals surface area contributed by atoms with Gasteiger partial charge < -0.3 is 11.1 Å². The highest BCUT2D eigenvalue weighted by molar-refractivity contribution is 5.78. The van der Waals surface area contributed by atoms with Gasteiger partial charge in [-0.15, -0.1) is 0 Å². The van der Waals surface area contributed by atoms with Crippen molar-refractivity contribution in [3.8, 4) is 0 Å². The maximum atomic E-state index is 5.73. The summed E-state index contributed by atoms with van der Waals surface area (Å²) in [5.74, 6) is 1.21. The fourth-order valence-corrected chi connectivity index (χ4v) is 1.16. The molecule has 16 heavy (non-hydrogen) atoms. The van der Waals surface area contributed by atoms with Crippen molar-refractivity contribution < 1.29 is 0 Å². The van der Waals surface area contributed by atoms with Crippen molar-refractivity contribution in [2.45, 2.75) is 39.8 Å². The van der Waals surface area contributed by atoms with Crippen molar-refractivity contribution in [3.05, 3.63) is 23.8 Å². The third kappa shape index (κ3) is 4.25.